The number of hydrogen-bond donors (Lipinski definition) is 1. The normalized spacial score (nSPS) is 23.8. The fourth-order valence-corrected chi connectivity index (χ4v) is 6.93. The number of halogens is 1. The van der Waals surface area contributed by atoms with Crippen LogP contribution in [-0.2, 0) is 21.4 Å². The van der Waals surface area contributed by atoms with Crippen LogP contribution in [0.15, 0.2) is 40.9 Å². The molecule has 6 rings (SSSR count). The summed E-state index contributed by atoms with van der Waals surface area (Å²) in [7, 11) is 1.94. The van der Waals surface area contributed by atoms with E-state index in [0.717, 1.165) is 103 Å². The van der Waals surface area contributed by atoms with E-state index in [1.807, 2.05) is 23.9 Å². The predicted octanol–water partition coefficient (Wildman–Crippen LogP) is 4.69. The van der Waals surface area contributed by atoms with E-state index in [9.17, 15) is 9.59 Å². The molecule has 224 valence electrons. The molecule has 9 nitrogen and oxygen atoms in total. The van der Waals surface area contributed by atoms with Gasteiger partial charge in [0.05, 0.1) is 41.6 Å². The summed E-state index contributed by atoms with van der Waals surface area (Å²) in [5.74, 6) is 0.133. The quantitative estimate of drug-likeness (QED) is 0.358. The fourth-order valence-electron chi connectivity index (χ4n) is 6.58. The van der Waals surface area contributed by atoms with Crippen molar-refractivity contribution in [1.82, 2.24) is 20.0 Å². The minimum atomic E-state index is -0.392. The molecule has 0 radical (unpaired) electrons. The average molecular weight is 639 g/mol. The van der Waals surface area contributed by atoms with Crippen LogP contribution in [0.4, 0.5) is 5.69 Å². The first-order chi connectivity index (χ1) is 20.4. The summed E-state index contributed by atoms with van der Waals surface area (Å²) < 4.78 is 15.6. The number of anilines is 1. The number of aromatic nitrogens is 2. The lowest BCUT2D eigenvalue weighted by molar-refractivity contribution is -0.134. The van der Waals surface area contributed by atoms with Crippen LogP contribution in [-0.4, -0.2) is 78.0 Å². The number of ether oxygens (including phenoxy) is 2. The summed E-state index contributed by atoms with van der Waals surface area (Å²) in [4.78, 5) is 29.1. The zero-order valence-corrected chi connectivity index (χ0v) is 26.1. The summed E-state index contributed by atoms with van der Waals surface area (Å²) in [6.07, 6.45) is 5.57. The molecule has 3 aromatic rings. The van der Waals surface area contributed by atoms with Gasteiger partial charge in [-0.05, 0) is 57.2 Å². The number of aryl methyl sites for hydroxylation is 1. The number of nitrogens with one attached hydrogen (secondary N) is 1. The van der Waals surface area contributed by atoms with E-state index >= 15 is 0 Å². The topological polar surface area (TPSA) is 88.9 Å². The highest BCUT2D eigenvalue weighted by Gasteiger charge is 2.32. The summed E-state index contributed by atoms with van der Waals surface area (Å²) in [6, 6.07) is 12.4. The number of carbonyl (C=O) groups is 2. The van der Waals surface area contributed by atoms with Gasteiger partial charge in [-0.1, -0.05) is 34.1 Å². The maximum atomic E-state index is 12.6. The van der Waals surface area contributed by atoms with Crippen LogP contribution >= 0.6 is 15.9 Å². The number of rotatable bonds is 8. The third-order valence-electron chi connectivity index (χ3n) is 9.05. The standard InChI is InChI=1S/C32H40BrN5O4/c1-21-26(33)6-4-8-28(21)42-23-11-9-22(10-12-23)41-20-19-37-15-17-38(18-16-37)27-7-3-5-24-30(35-36(2)31(24)27)25-13-14-29(39)34-32(25)40/h3-8,22-23,25H,9-20H2,1-2H3,(H,34,39,40). The molecule has 1 unspecified atom stereocenters. The Balaban J connectivity index is 0.974. The van der Waals surface area contributed by atoms with Gasteiger partial charge in [-0.25, -0.2) is 0 Å². The van der Waals surface area contributed by atoms with E-state index in [-0.39, 0.29) is 17.9 Å². The number of para-hydroxylation sites is 1. The highest BCUT2D eigenvalue weighted by molar-refractivity contribution is 9.10. The number of amides is 2. The molecule has 42 heavy (non-hydrogen) atoms. The SMILES string of the molecule is Cc1c(Br)cccc1OC1CCC(OCCN2CCN(c3cccc4c(C5CCC(=O)NC5=O)nn(C)c34)CC2)CC1. The molecule has 2 saturated heterocycles. The number of piperazine rings is 1. The second kappa shape index (κ2) is 12.7. The first kappa shape index (κ1) is 29.1. The Bertz CT molecular complexity index is 1440. The van der Waals surface area contributed by atoms with Gasteiger partial charge in [0.2, 0.25) is 11.8 Å². The second-order valence-electron chi connectivity index (χ2n) is 11.8. The Labute approximate surface area is 255 Å². The Morgan fingerprint density at radius 1 is 0.976 bits per heavy atom. The maximum Gasteiger partial charge on any atom is 0.235 e. The Kier molecular flexibility index (Phi) is 8.83. The minimum Gasteiger partial charge on any atom is -0.490 e. The summed E-state index contributed by atoms with van der Waals surface area (Å²) in [5, 5.41) is 8.23. The van der Waals surface area contributed by atoms with Crippen LogP contribution in [0.3, 0.4) is 0 Å². The number of fused-ring (bicyclic) bond motifs is 1. The molecule has 2 amide bonds. The van der Waals surface area contributed by atoms with Gasteiger partial charge in [0.25, 0.3) is 0 Å². The molecule has 2 aromatic carbocycles. The van der Waals surface area contributed by atoms with Crippen molar-refractivity contribution in [3.05, 3.63) is 52.1 Å². The van der Waals surface area contributed by atoms with Crippen LogP contribution in [0.25, 0.3) is 10.9 Å². The zero-order valence-electron chi connectivity index (χ0n) is 24.5. The molecule has 1 aromatic heterocycles. The Morgan fingerprint density at radius 2 is 1.71 bits per heavy atom. The van der Waals surface area contributed by atoms with E-state index in [1.165, 1.54) is 0 Å². The van der Waals surface area contributed by atoms with Crippen molar-refractivity contribution in [2.75, 3.05) is 44.2 Å². The molecule has 1 aliphatic carbocycles. The monoisotopic (exact) mass is 637 g/mol. The van der Waals surface area contributed by atoms with Gasteiger partial charge in [-0.2, -0.15) is 5.10 Å². The number of nitrogens with zero attached hydrogens (tertiary/aromatic N) is 4. The average Bonchev–Trinajstić information content (AvgIpc) is 3.33. The molecular formula is C32H40BrN5O4. The van der Waals surface area contributed by atoms with E-state index in [1.54, 1.807) is 0 Å². The molecule has 1 N–H and O–H groups in total. The van der Waals surface area contributed by atoms with E-state index < -0.39 is 5.92 Å². The highest BCUT2D eigenvalue weighted by atomic mass is 79.9. The molecule has 0 bridgehead atoms. The molecule has 1 atom stereocenters. The van der Waals surface area contributed by atoms with Crippen molar-refractivity contribution in [1.29, 1.82) is 0 Å². The van der Waals surface area contributed by atoms with E-state index in [4.69, 9.17) is 14.6 Å². The van der Waals surface area contributed by atoms with Gasteiger partial charge < -0.3 is 14.4 Å². The van der Waals surface area contributed by atoms with Gasteiger partial charge in [0.15, 0.2) is 0 Å². The number of benzene rings is 2. The van der Waals surface area contributed by atoms with Crippen molar-refractivity contribution >= 4 is 44.3 Å². The highest BCUT2D eigenvalue weighted by Crippen LogP contribution is 2.35. The smallest absolute Gasteiger partial charge is 0.235 e. The molecule has 0 spiro atoms. The van der Waals surface area contributed by atoms with Crippen molar-refractivity contribution in [3.8, 4) is 5.75 Å². The third-order valence-corrected chi connectivity index (χ3v) is 9.91. The number of imide groups is 1. The fraction of sp³-hybridized carbons (Fsp3) is 0.531. The lowest BCUT2D eigenvalue weighted by atomic mass is 9.92. The zero-order chi connectivity index (χ0) is 29.2. The lowest BCUT2D eigenvalue weighted by Gasteiger charge is -2.36. The van der Waals surface area contributed by atoms with Crippen LogP contribution in [0, 0.1) is 6.92 Å². The summed E-state index contributed by atoms with van der Waals surface area (Å²) in [6.45, 7) is 7.59. The Hall–Kier alpha value is -2.95. The van der Waals surface area contributed by atoms with Gasteiger partial charge in [-0.15, -0.1) is 0 Å². The Morgan fingerprint density at radius 3 is 2.48 bits per heavy atom. The van der Waals surface area contributed by atoms with Crippen molar-refractivity contribution in [3.63, 3.8) is 0 Å². The lowest BCUT2D eigenvalue weighted by Crippen LogP contribution is -2.47. The van der Waals surface area contributed by atoms with Crippen LogP contribution in [0.2, 0.25) is 0 Å². The van der Waals surface area contributed by atoms with Crippen LogP contribution in [0.1, 0.15) is 55.7 Å². The van der Waals surface area contributed by atoms with Crippen LogP contribution < -0.4 is 15.0 Å². The molecular weight excluding hydrogens is 598 g/mol. The van der Waals surface area contributed by atoms with Gasteiger partial charge in [0.1, 0.15) is 5.75 Å². The van der Waals surface area contributed by atoms with Gasteiger partial charge in [0, 0.05) is 61.6 Å². The van der Waals surface area contributed by atoms with Crippen molar-refractivity contribution in [2.24, 2.45) is 7.05 Å². The number of piperidine rings is 1. The van der Waals surface area contributed by atoms with Crippen LogP contribution in [0.5, 0.6) is 5.75 Å². The molecule has 1 saturated carbocycles. The third kappa shape index (κ3) is 6.21. The number of carbonyl (C=O) groups excluding carboxylic acids is 2. The van der Waals surface area contributed by atoms with Gasteiger partial charge in [-0.3, -0.25) is 24.5 Å². The molecule has 3 fully saturated rings. The molecule has 2 aliphatic heterocycles. The maximum absolute atomic E-state index is 12.6. The second-order valence-corrected chi connectivity index (χ2v) is 12.6. The molecule has 3 aliphatic rings. The van der Waals surface area contributed by atoms with Gasteiger partial charge >= 0.3 is 0 Å². The molecule has 10 heteroatoms. The van der Waals surface area contributed by atoms with Crippen molar-refractivity contribution in [2.45, 2.75) is 63.6 Å². The minimum absolute atomic E-state index is 0.204. The largest absolute Gasteiger partial charge is 0.490 e. The predicted molar refractivity (Wildman–Crippen MR) is 166 cm³/mol. The molecule has 3 heterocycles. The first-order valence-electron chi connectivity index (χ1n) is 15.2. The summed E-state index contributed by atoms with van der Waals surface area (Å²) in [5.41, 5.74) is 4.11. The summed E-state index contributed by atoms with van der Waals surface area (Å²) >= 11 is 3.60. The van der Waals surface area contributed by atoms with E-state index in [0.29, 0.717) is 18.9 Å². The first-order valence-corrected chi connectivity index (χ1v) is 16.0. The number of hydrogen-bond acceptors (Lipinski definition) is 7. The van der Waals surface area contributed by atoms with E-state index in [2.05, 4.69) is 62.2 Å². The van der Waals surface area contributed by atoms with Crippen molar-refractivity contribution < 1.29 is 19.1 Å².